The third kappa shape index (κ3) is 4.98. The van der Waals surface area contributed by atoms with Gasteiger partial charge in [0.05, 0.1) is 10.6 Å². The first kappa shape index (κ1) is 23.1. The minimum Gasteiger partial charge on any atom is -0.306 e. The van der Waals surface area contributed by atoms with E-state index in [1.165, 1.54) is 24.3 Å². The van der Waals surface area contributed by atoms with E-state index in [4.69, 9.17) is 0 Å². The first-order chi connectivity index (χ1) is 16.3. The summed E-state index contributed by atoms with van der Waals surface area (Å²) in [5.41, 5.74) is 3.89. The lowest BCUT2D eigenvalue weighted by Crippen LogP contribution is -2.31. The van der Waals surface area contributed by atoms with Gasteiger partial charge in [0.25, 0.3) is 0 Å². The number of carbonyl (C=O) groups is 1. The number of pyridine rings is 1. The molecule has 2 N–H and O–H groups in total. The third-order valence-electron chi connectivity index (χ3n) is 5.17. The largest absolute Gasteiger partial charge is 0.350 e. The molecule has 0 atom stereocenters. The maximum absolute atomic E-state index is 12.6. The number of nitrogens with zero attached hydrogens (tertiary/aromatic N) is 4. The van der Waals surface area contributed by atoms with Gasteiger partial charge in [-0.2, -0.15) is 10.2 Å². The molecule has 174 valence electrons. The SMILES string of the molecule is CCn1cc(-c2cccc(N(O)C(=O)Nc3ccc(S(C)(=O)=O)cc3)c2)c(-c2ccncc2)n1. The number of anilines is 2. The van der Waals surface area contributed by atoms with Crippen LogP contribution in [0.2, 0.25) is 0 Å². The summed E-state index contributed by atoms with van der Waals surface area (Å²) in [4.78, 5) is 16.8. The van der Waals surface area contributed by atoms with Crippen molar-refractivity contribution in [2.45, 2.75) is 18.4 Å². The molecule has 2 heterocycles. The molecule has 2 aromatic carbocycles. The summed E-state index contributed by atoms with van der Waals surface area (Å²) in [5.74, 6) is 0. The maximum atomic E-state index is 12.6. The molecule has 0 bridgehead atoms. The zero-order chi connectivity index (χ0) is 24.3. The predicted molar refractivity (Wildman–Crippen MR) is 129 cm³/mol. The highest BCUT2D eigenvalue weighted by Gasteiger charge is 2.17. The minimum atomic E-state index is -3.35. The fraction of sp³-hybridized carbons (Fsp3) is 0.125. The standard InChI is InChI=1S/C24H23N5O4S/c1-3-28-16-22(23(27-28)17-11-13-25-14-12-17)18-5-4-6-20(15-18)29(31)24(30)26-19-7-9-21(10-8-19)34(2,32)33/h4-16,31H,3H2,1-2H3,(H,26,30). The Hall–Kier alpha value is -4.02. The van der Waals surface area contributed by atoms with Crippen molar-refractivity contribution in [1.29, 1.82) is 0 Å². The van der Waals surface area contributed by atoms with Crippen molar-refractivity contribution < 1.29 is 18.4 Å². The van der Waals surface area contributed by atoms with Crippen LogP contribution in [0.4, 0.5) is 16.2 Å². The van der Waals surface area contributed by atoms with Crippen LogP contribution in [0.5, 0.6) is 0 Å². The van der Waals surface area contributed by atoms with Crippen molar-refractivity contribution >= 4 is 27.2 Å². The first-order valence-electron chi connectivity index (χ1n) is 10.4. The maximum Gasteiger partial charge on any atom is 0.350 e. The van der Waals surface area contributed by atoms with E-state index in [0.717, 1.165) is 28.6 Å². The second-order valence-electron chi connectivity index (χ2n) is 7.57. The van der Waals surface area contributed by atoms with Crippen LogP contribution in [-0.2, 0) is 16.4 Å². The van der Waals surface area contributed by atoms with Crippen molar-refractivity contribution in [1.82, 2.24) is 14.8 Å². The summed E-state index contributed by atoms with van der Waals surface area (Å²) in [6.07, 6.45) is 6.42. The number of amides is 2. The smallest absolute Gasteiger partial charge is 0.306 e. The molecule has 0 spiro atoms. The Balaban J connectivity index is 1.59. The van der Waals surface area contributed by atoms with Gasteiger partial charge in [-0.3, -0.25) is 14.9 Å². The van der Waals surface area contributed by atoms with Gasteiger partial charge in [-0.15, -0.1) is 0 Å². The number of aromatic nitrogens is 3. The molecule has 0 aliphatic rings. The molecule has 4 rings (SSSR count). The molecule has 0 fully saturated rings. The van der Waals surface area contributed by atoms with E-state index in [0.29, 0.717) is 17.3 Å². The number of sulfone groups is 1. The highest BCUT2D eigenvalue weighted by Crippen LogP contribution is 2.32. The van der Waals surface area contributed by atoms with Crippen molar-refractivity contribution in [3.63, 3.8) is 0 Å². The molecule has 0 saturated carbocycles. The molecule has 2 amide bonds. The second kappa shape index (κ2) is 9.46. The average molecular weight is 478 g/mol. The van der Waals surface area contributed by atoms with Gasteiger partial charge < -0.3 is 5.32 Å². The highest BCUT2D eigenvalue weighted by molar-refractivity contribution is 7.90. The van der Waals surface area contributed by atoms with Gasteiger partial charge in [0.1, 0.15) is 5.69 Å². The molecule has 0 unspecified atom stereocenters. The number of carbonyl (C=O) groups excluding carboxylic acids is 1. The Kier molecular flexibility index (Phi) is 6.44. The predicted octanol–water partition coefficient (Wildman–Crippen LogP) is 4.46. The van der Waals surface area contributed by atoms with Crippen LogP contribution >= 0.6 is 0 Å². The van der Waals surface area contributed by atoms with Crippen LogP contribution in [0.3, 0.4) is 0 Å². The molecule has 2 aromatic heterocycles. The molecule has 0 saturated heterocycles. The fourth-order valence-corrected chi connectivity index (χ4v) is 4.03. The number of rotatable bonds is 6. The van der Waals surface area contributed by atoms with Crippen molar-refractivity contribution in [3.8, 4) is 22.4 Å². The summed E-state index contributed by atoms with van der Waals surface area (Å²) in [5, 5.41) is 18.2. The number of hydrogen-bond donors (Lipinski definition) is 2. The molecule has 0 aliphatic carbocycles. The number of hydrogen-bond acceptors (Lipinski definition) is 6. The molecule has 0 radical (unpaired) electrons. The zero-order valence-corrected chi connectivity index (χ0v) is 19.4. The first-order valence-corrected chi connectivity index (χ1v) is 12.3. The summed E-state index contributed by atoms with van der Waals surface area (Å²) >= 11 is 0. The van der Waals surface area contributed by atoms with Gasteiger partial charge in [-0.1, -0.05) is 12.1 Å². The quantitative estimate of drug-likeness (QED) is 0.313. The molecule has 34 heavy (non-hydrogen) atoms. The van der Waals surface area contributed by atoms with E-state index < -0.39 is 15.9 Å². The van der Waals surface area contributed by atoms with Gasteiger partial charge >= 0.3 is 6.03 Å². The van der Waals surface area contributed by atoms with Crippen LogP contribution in [-0.4, -0.2) is 40.7 Å². The Morgan fingerprint density at radius 1 is 1.06 bits per heavy atom. The summed E-state index contributed by atoms with van der Waals surface area (Å²) in [6, 6.07) is 15.6. The molecular formula is C24H23N5O4S. The Morgan fingerprint density at radius 2 is 1.76 bits per heavy atom. The number of hydroxylamine groups is 1. The van der Waals surface area contributed by atoms with E-state index in [1.807, 2.05) is 36.0 Å². The van der Waals surface area contributed by atoms with Crippen LogP contribution in [0.25, 0.3) is 22.4 Å². The van der Waals surface area contributed by atoms with E-state index >= 15 is 0 Å². The van der Waals surface area contributed by atoms with Crippen molar-refractivity contribution in [2.75, 3.05) is 16.6 Å². The monoisotopic (exact) mass is 477 g/mol. The lowest BCUT2D eigenvalue weighted by Gasteiger charge is -2.17. The van der Waals surface area contributed by atoms with Crippen LogP contribution in [0.1, 0.15) is 6.92 Å². The molecule has 0 aliphatic heterocycles. The van der Waals surface area contributed by atoms with Crippen LogP contribution < -0.4 is 10.4 Å². The molecular weight excluding hydrogens is 454 g/mol. The highest BCUT2D eigenvalue weighted by atomic mass is 32.2. The van der Waals surface area contributed by atoms with Gasteiger partial charge in [0.15, 0.2) is 9.84 Å². The van der Waals surface area contributed by atoms with Gasteiger partial charge in [-0.25, -0.2) is 13.2 Å². The van der Waals surface area contributed by atoms with Gasteiger partial charge in [0, 0.05) is 48.2 Å². The normalized spacial score (nSPS) is 11.3. The van der Waals surface area contributed by atoms with E-state index in [2.05, 4.69) is 15.4 Å². The Labute approximate surface area is 197 Å². The number of nitrogens with one attached hydrogen (secondary N) is 1. The lowest BCUT2D eigenvalue weighted by atomic mass is 10.0. The molecule has 9 nitrogen and oxygen atoms in total. The van der Waals surface area contributed by atoms with Crippen molar-refractivity contribution in [2.24, 2.45) is 0 Å². The number of aryl methyl sites for hydroxylation is 1. The molecule has 10 heteroatoms. The third-order valence-corrected chi connectivity index (χ3v) is 6.30. The van der Waals surface area contributed by atoms with Crippen LogP contribution in [0.15, 0.2) is 84.1 Å². The van der Waals surface area contributed by atoms with E-state index in [9.17, 15) is 18.4 Å². The Bertz CT molecular complexity index is 1420. The summed E-state index contributed by atoms with van der Waals surface area (Å²) in [6.45, 7) is 2.68. The second-order valence-corrected chi connectivity index (χ2v) is 9.59. The average Bonchev–Trinajstić information content (AvgIpc) is 3.29. The summed E-state index contributed by atoms with van der Waals surface area (Å²) < 4.78 is 25.0. The van der Waals surface area contributed by atoms with Crippen molar-refractivity contribution in [3.05, 3.63) is 79.3 Å². The minimum absolute atomic E-state index is 0.136. The van der Waals surface area contributed by atoms with Crippen LogP contribution in [0, 0.1) is 0 Å². The Morgan fingerprint density at radius 3 is 2.41 bits per heavy atom. The number of benzene rings is 2. The van der Waals surface area contributed by atoms with Gasteiger partial charge in [-0.05, 0) is 61.0 Å². The zero-order valence-electron chi connectivity index (χ0n) is 18.6. The van der Waals surface area contributed by atoms with Gasteiger partial charge in [0.2, 0.25) is 0 Å². The summed E-state index contributed by atoms with van der Waals surface area (Å²) in [7, 11) is -3.35. The van der Waals surface area contributed by atoms with E-state index in [1.54, 1.807) is 30.6 Å². The molecule has 4 aromatic rings. The topological polar surface area (TPSA) is 117 Å². The number of urea groups is 1. The lowest BCUT2D eigenvalue weighted by molar-refractivity contribution is 0.216. The van der Waals surface area contributed by atoms with E-state index in [-0.39, 0.29) is 10.6 Å². The fourth-order valence-electron chi connectivity index (χ4n) is 3.40.